The van der Waals surface area contributed by atoms with Gasteiger partial charge in [0.1, 0.15) is 0 Å². The summed E-state index contributed by atoms with van der Waals surface area (Å²) in [5.41, 5.74) is 7.44. The van der Waals surface area contributed by atoms with Gasteiger partial charge in [0.25, 0.3) is 5.91 Å². The first kappa shape index (κ1) is 24.6. The highest BCUT2D eigenvalue weighted by Gasteiger charge is 2.14. The van der Waals surface area contributed by atoms with E-state index in [-0.39, 0.29) is 11.8 Å². The van der Waals surface area contributed by atoms with Crippen molar-refractivity contribution in [3.8, 4) is 11.3 Å². The Hall–Kier alpha value is -4.10. The molecule has 1 atom stereocenters. The van der Waals surface area contributed by atoms with E-state index < -0.39 is 0 Å². The number of hydrogen-bond donors (Lipinski definition) is 1. The summed E-state index contributed by atoms with van der Waals surface area (Å²) >= 11 is 0. The summed E-state index contributed by atoms with van der Waals surface area (Å²) in [6, 6.07) is 18.3. The molecule has 2 aromatic heterocycles. The number of nitrogens with one attached hydrogen (secondary N) is 1. The lowest BCUT2D eigenvalue weighted by Gasteiger charge is -2.28. The molecule has 2 aromatic carbocycles. The molecular formula is C30H31N5O2. The van der Waals surface area contributed by atoms with Gasteiger partial charge in [-0.2, -0.15) is 0 Å². The van der Waals surface area contributed by atoms with Crippen LogP contribution in [0.1, 0.15) is 40.0 Å². The van der Waals surface area contributed by atoms with Crippen LogP contribution < -0.4 is 10.2 Å². The van der Waals surface area contributed by atoms with Gasteiger partial charge in [-0.25, -0.2) is 4.98 Å². The minimum atomic E-state index is -0.167. The number of pyridine rings is 1. The Bertz CT molecular complexity index is 1370. The van der Waals surface area contributed by atoms with Gasteiger partial charge in [0, 0.05) is 48.6 Å². The summed E-state index contributed by atoms with van der Waals surface area (Å²) in [5, 5.41) is 2.99. The standard InChI is InChI=1S/C30H31N5O2/c1-21-14-25(18-31-17-21)30(36)34-26-5-3-4-24(16-26)22(2)15-27-19-32-20-29(33-27)23-6-8-28(9-7-23)35-10-12-37-13-11-35/h3-9,14,16-20,22H,10-13,15H2,1-2H3,(H,34,36)/t22-/m1/s1. The molecule has 1 N–H and O–H groups in total. The SMILES string of the molecule is Cc1cncc(C(=O)Nc2cccc([C@H](C)Cc3cncc(-c4ccc(N5CCOCC5)cc4)n3)c2)c1. The van der Waals surface area contributed by atoms with Crippen molar-refractivity contribution < 1.29 is 9.53 Å². The maximum atomic E-state index is 12.6. The zero-order valence-electron chi connectivity index (χ0n) is 21.2. The van der Waals surface area contributed by atoms with Gasteiger partial charge in [0.2, 0.25) is 0 Å². The Morgan fingerprint density at radius 2 is 1.78 bits per heavy atom. The number of morpholine rings is 1. The molecule has 4 aromatic rings. The number of aryl methyl sites for hydroxylation is 1. The van der Waals surface area contributed by atoms with Crippen LogP contribution in [0.25, 0.3) is 11.3 Å². The van der Waals surface area contributed by atoms with Crippen molar-refractivity contribution in [3.63, 3.8) is 0 Å². The van der Waals surface area contributed by atoms with E-state index in [9.17, 15) is 4.79 Å². The minimum Gasteiger partial charge on any atom is -0.378 e. The van der Waals surface area contributed by atoms with Crippen molar-refractivity contribution in [2.24, 2.45) is 0 Å². The fraction of sp³-hybridized carbons (Fsp3) is 0.267. The van der Waals surface area contributed by atoms with Gasteiger partial charge in [0.05, 0.1) is 36.4 Å². The van der Waals surface area contributed by atoms with Crippen LogP contribution in [0.4, 0.5) is 11.4 Å². The maximum absolute atomic E-state index is 12.6. The Morgan fingerprint density at radius 1 is 1.00 bits per heavy atom. The van der Waals surface area contributed by atoms with Gasteiger partial charge in [-0.05, 0) is 60.7 Å². The van der Waals surface area contributed by atoms with Gasteiger partial charge in [-0.15, -0.1) is 0 Å². The molecule has 0 bridgehead atoms. The molecule has 5 rings (SSSR count). The first-order valence-electron chi connectivity index (χ1n) is 12.6. The van der Waals surface area contributed by atoms with E-state index in [2.05, 4.69) is 57.4 Å². The van der Waals surface area contributed by atoms with Crippen molar-refractivity contribution in [2.75, 3.05) is 36.5 Å². The second kappa shape index (κ2) is 11.3. The highest BCUT2D eigenvalue weighted by Crippen LogP contribution is 2.25. The largest absolute Gasteiger partial charge is 0.378 e. The molecular weight excluding hydrogens is 462 g/mol. The quantitative estimate of drug-likeness (QED) is 0.377. The molecule has 1 aliphatic rings. The van der Waals surface area contributed by atoms with Crippen molar-refractivity contribution in [1.29, 1.82) is 0 Å². The number of ether oxygens (including phenoxy) is 1. The zero-order chi connectivity index (χ0) is 25.6. The Balaban J connectivity index is 1.25. The van der Waals surface area contributed by atoms with E-state index in [0.717, 1.165) is 66.5 Å². The van der Waals surface area contributed by atoms with Gasteiger partial charge >= 0.3 is 0 Å². The number of rotatable bonds is 7. The monoisotopic (exact) mass is 493 g/mol. The molecule has 0 radical (unpaired) electrons. The topological polar surface area (TPSA) is 80.2 Å². The van der Waals surface area contributed by atoms with Crippen LogP contribution in [0, 0.1) is 6.92 Å². The molecule has 1 amide bonds. The molecule has 7 heteroatoms. The van der Waals surface area contributed by atoms with Gasteiger partial charge in [-0.3, -0.25) is 14.8 Å². The van der Waals surface area contributed by atoms with E-state index in [1.807, 2.05) is 43.6 Å². The normalized spacial score (nSPS) is 14.3. The Kier molecular flexibility index (Phi) is 7.51. The summed E-state index contributed by atoms with van der Waals surface area (Å²) in [6.07, 6.45) is 7.70. The lowest BCUT2D eigenvalue weighted by Crippen LogP contribution is -2.36. The van der Waals surface area contributed by atoms with Crippen LogP contribution in [-0.2, 0) is 11.2 Å². The molecule has 0 spiro atoms. The zero-order valence-corrected chi connectivity index (χ0v) is 21.2. The number of nitrogens with zero attached hydrogens (tertiary/aromatic N) is 4. The molecule has 7 nitrogen and oxygen atoms in total. The number of carbonyl (C=O) groups excluding carboxylic acids is 1. The first-order valence-corrected chi connectivity index (χ1v) is 12.6. The number of anilines is 2. The molecule has 0 unspecified atom stereocenters. The second-order valence-electron chi connectivity index (χ2n) is 9.48. The third-order valence-electron chi connectivity index (χ3n) is 6.59. The minimum absolute atomic E-state index is 0.167. The highest BCUT2D eigenvalue weighted by molar-refractivity contribution is 6.04. The second-order valence-corrected chi connectivity index (χ2v) is 9.48. The summed E-state index contributed by atoms with van der Waals surface area (Å²) < 4.78 is 5.46. The molecule has 3 heterocycles. The molecule has 1 fully saturated rings. The lowest BCUT2D eigenvalue weighted by atomic mass is 9.95. The average molecular weight is 494 g/mol. The molecule has 1 saturated heterocycles. The molecule has 1 aliphatic heterocycles. The fourth-order valence-electron chi connectivity index (χ4n) is 4.55. The summed E-state index contributed by atoms with van der Waals surface area (Å²) in [6.45, 7) is 7.46. The van der Waals surface area contributed by atoms with Crippen molar-refractivity contribution in [1.82, 2.24) is 15.0 Å². The van der Waals surface area contributed by atoms with Crippen LogP contribution in [-0.4, -0.2) is 47.2 Å². The van der Waals surface area contributed by atoms with E-state index in [0.29, 0.717) is 5.56 Å². The number of amides is 1. The molecule has 0 saturated carbocycles. The van der Waals surface area contributed by atoms with Gasteiger partial charge < -0.3 is 15.0 Å². The van der Waals surface area contributed by atoms with E-state index in [1.165, 1.54) is 5.69 Å². The Morgan fingerprint density at radius 3 is 2.57 bits per heavy atom. The molecule has 37 heavy (non-hydrogen) atoms. The van der Waals surface area contributed by atoms with Crippen molar-refractivity contribution in [3.05, 3.63) is 102 Å². The van der Waals surface area contributed by atoms with Crippen LogP contribution in [0.2, 0.25) is 0 Å². The third kappa shape index (κ3) is 6.19. The number of aromatic nitrogens is 3. The van der Waals surface area contributed by atoms with Gasteiger partial charge in [0.15, 0.2) is 0 Å². The summed E-state index contributed by atoms with van der Waals surface area (Å²) in [5.74, 6) is 0.0324. The predicted octanol–water partition coefficient (Wildman–Crippen LogP) is 5.28. The van der Waals surface area contributed by atoms with Crippen LogP contribution in [0.5, 0.6) is 0 Å². The van der Waals surface area contributed by atoms with E-state index >= 15 is 0 Å². The average Bonchev–Trinajstić information content (AvgIpc) is 2.94. The first-order chi connectivity index (χ1) is 18.0. The molecule has 188 valence electrons. The predicted molar refractivity (Wildman–Crippen MR) is 146 cm³/mol. The van der Waals surface area contributed by atoms with Crippen LogP contribution in [0.3, 0.4) is 0 Å². The van der Waals surface area contributed by atoms with E-state index in [4.69, 9.17) is 9.72 Å². The maximum Gasteiger partial charge on any atom is 0.257 e. The lowest BCUT2D eigenvalue weighted by molar-refractivity contribution is 0.102. The summed E-state index contributed by atoms with van der Waals surface area (Å²) in [7, 11) is 0. The number of carbonyl (C=O) groups is 1. The van der Waals surface area contributed by atoms with Crippen LogP contribution >= 0.6 is 0 Å². The summed E-state index contributed by atoms with van der Waals surface area (Å²) in [4.78, 5) is 28.5. The van der Waals surface area contributed by atoms with Crippen LogP contribution in [0.15, 0.2) is 79.4 Å². The fourth-order valence-corrected chi connectivity index (χ4v) is 4.55. The number of benzene rings is 2. The highest BCUT2D eigenvalue weighted by atomic mass is 16.5. The Labute approximate surface area is 217 Å². The third-order valence-corrected chi connectivity index (χ3v) is 6.59. The van der Waals surface area contributed by atoms with Crippen molar-refractivity contribution >= 4 is 17.3 Å². The van der Waals surface area contributed by atoms with E-state index in [1.54, 1.807) is 12.4 Å². The molecule has 0 aliphatic carbocycles. The van der Waals surface area contributed by atoms with Crippen molar-refractivity contribution in [2.45, 2.75) is 26.2 Å². The number of hydrogen-bond acceptors (Lipinski definition) is 6. The van der Waals surface area contributed by atoms with Gasteiger partial charge in [-0.1, -0.05) is 31.2 Å². The smallest absolute Gasteiger partial charge is 0.257 e.